The fraction of sp³-hybridized carbons (Fsp3) is 0.167. The van der Waals surface area contributed by atoms with Crippen LogP contribution in [0.1, 0.15) is 23.6 Å². The lowest BCUT2D eigenvalue weighted by Gasteiger charge is -2.24. The van der Waals surface area contributed by atoms with E-state index in [1.807, 2.05) is 19.9 Å². The smallest absolute Gasteiger partial charge is 0.269 e. The molecular formula is C24H24N4O5S. The molecular weight excluding hydrogens is 456 g/mol. The standard InChI is InChI=1S/C24H24N4O5S/c1-17-7-13-23(14-8-17)34(32,33)27(22-6-4-5-18(2)15-22)16-24(29)26-25-19(3)20-9-11-21(12-10-20)28(30)31/h4-15H,16H2,1-3H3,(H,26,29)/b25-19-. The number of rotatable bonds is 8. The van der Waals surface area contributed by atoms with Gasteiger partial charge in [-0.25, -0.2) is 13.8 Å². The largest absolute Gasteiger partial charge is 0.271 e. The van der Waals surface area contributed by atoms with Gasteiger partial charge >= 0.3 is 0 Å². The zero-order chi connectivity index (χ0) is 24.9. The Labute approximate surface area is 197 Å². The van der Waals surface area contributed by atoms with Gasteiger partial charge in [0.2, 0.25) is 0 Å². The topological polar surface area (TPSA) is 122 Å². The first-order valence-electron chi connectivity index (χ1n) is 10.3. The van der Waals surface area contributed by atoms with Gasteiger partial charge in [0.15, 0.2) is 0 Å². The molecule has 10 heteroatoms. The molecule has 0 aliphatic heterocycles. The van der Waals surface area contributed by atoms with E-state index in [0.717, 1.165) is 15.4 Å². The minimum absolute atomic E-state index is 0.0595. The molecule has 0 spiro atoms. The first kappa shape index (κ1) is 24.6. The van der Waals surface area contributed by atoms with E-state index in [0.29, 0.717) is 17.0 Å². The van der Waals surface area contributed by atoms with Crippen molar-refractivity contribution in [3.05, 3.63) is 99.6 Å². The van der Waals surface area contributed by atoms with Crippen molar-refractivity contribution in [3.63, 3.8) is 0 Å². The number of carbonyl (C=O) groups excluding carboxylic acids is 1. The number of benzene rings is 3. The monoisotopic (exact) mass is 480 g/mol. The number of amides is 1. The summed E-state index contributed by atoms with van der Waals surface area (Å²) < 4.78 is 27.8. The van der Waals surface area contributed by atoms with Gasteiger partial charge in [0.05, 0.1) is 21.2 Å². The number of nitro groups is 1. The Balaban J connectivity index is 1.84. The average Bonchev–Trinajstić information content (AvgIpc) is 2.81. The van der Waals surface area contributed by atoms with Crippen LogP contribution in [0.5, 0.6) is 0 Å². The van der Waals surface area contributed by atoms with Gasteiger partial charge in [-0.05, 0) is 68.3 Å². The second-order valence-corrected chi connectivity index (χ2v) is 9.56. The lowest BCUT2D eigenvalue weighted by Crippen LogP contribution is -2.39. The molecule has 0 atom stereocenters. The number of anilines is 1. The number of sulfonamides is 1. The summed E-state index contributed by atoms with van der Waals surface area (Å²) in [5, 5.41) is 14.8. The van der Waals surface area contributed by atoms with Crippen LogP contribution >= 0.6 is 0 Å². The summed E-state index contributed by atoms with van der Waals surface area (Å²) in [5.41, 5.74) is 5.41. The maximum absolute atomic E-state index is 13.4. The summed E-state index contributed by atoms with van der Waals surface area (Å²) in [6, 6.07) is 19.0. The molecule has 0 aliphatic rings. The molecule has 0 saturated heterocycles. The highest BCUT2D eigenvalue weighted by atomic mass is 32.2. The molecule has 0 saturated carbocycles. The van der Waals surface area contributed by atoms with E-state index >= 15 is 0 Å². The molecule has 1 N–H and O–H groups in total. The summed E-state index contributed by atoms with van der Waals surface area (Å²) in [5.74, 6) is -0.640. The zero-order valence-electron chi connectivity index (χ0n) is 18.9. The molecule has 176 valence electrons. The van der Waals surface area contributed by atoms with Crippen molar-refractivity contribution in [1.82, 2.24) is 5.43 Å². The summed E-state index contributed by atoms with van der Waals surface area (Å²) >= 11 is 0. The van der Waals surface area contributed by atoms with Crippen molar-refractivity contribution in [2.24, 2.45) is 5.10 Å². The molecule has 0 unspecified atom stereocenters. The number of non-ortho nitro benzene ring substituents is 1. The van der Waals surface area contributed by atoms with Crippen molar-refractivity contribution in [1.29, 1.82) is 0 Å². The fourth-order valence-electron chi connectivity index (χ4n) is 3.14. The molecule has 0 fully saturated rings. The molecule has 0 aliphatic carbocycles. The van der Waals surface area contributed by atoms with Crippen LogP contribution < -0.4 is 9.73 Å². The normalized spacial score (nSPS) is 11.7. The Hall–Kier alpha value is -4.05. The fourth-order valence-corrected chi connectivity index (χ4v) is 4.55. The van der Waals surface area contributed by atoms with Gasteiger partial charge in [0, 0.05) is 12.1 Å². The van der Waals surface area contributed by atoms with Gasteiger partial charge in [-0.2, -0.15) is 5.10 Å². The van der Waals surface area contributed by atoms with E-state index in [1.54, 1.807) is 37.3 Å². The van der Waals surface area contributed by atoms with Crippen molar-refractivity contribution in [2.75, 3.05) is 10.8 Å². The number of carbonyl (C=O) groups is 1. The number of aryl methyl sites for hydroxylation is 2. The Bertz CT molecular complexity index is 1330. The van der Waals surface area contributed by atoms with Gasteiger partial charge in [-0.3, -0.25) is 19.2 Å². The summed E-state index contributed by atoms with van der Waals surface area (Å²) in [7, 11) is -4.03. The molecule has 0 aromatic heterocycles. The second-order valence-electron chi connectivity index (χ2n) is 7.70. The van der Waals surface area contributed by atoms with E-state index in [-0.39, 0.29) is 10.6 Å². The number of nitrogens with zero attached hydrogens (tertiary/aromatic N) is 3. The predicted octanol–water partition coefficient (Wildman–Crippen LogP) is 3.95. The van der Waals surface area contributed by atoms with Crippen LogP contribution in [0.2, 0.25) is 0 Å². The number of hydrogen-bond donors (Lipinski definition) is 1. The van der Waals surface area contributed by atoms with Gasteiger partial charge in [-0.1, -0.05) is 29.8 Å². The Kier molecular flexibility index (Phi) is 7.42. The maximum Gasteiger partial charge on any atom is 0.269 e. The van der Waals surface area contributed by atoms with Gasteiger partial charge < -0.3 is 0 Å². The van der Waals surface area contributed by atoms with Crippen LogP contribution in [-0.2, 0) is 14.8 Å². The number of hydrogen-bond acceptors (Lipinski definition) is 6. The minimum Gasteiger partial charge on any atom is -0.271 e. The third-order valence-electron chi connectivity index (χ3n) is 5.03. The highest BCUT2D eigenvalue weighted by Crippen LogP contribution is 2.24. The minimum atomic E-state index is -4.03. The first-order valence-corrected chi connectivity index (χ1v) is 11.8. The van der Waals surface area contributed by atoms with E-state index in [2.05, 4.69) is 10.5 Å². The van der Waals surface area contributed by atoms with Crippen LogP contribution in [0.3, 0.4) is 0 Å². The molecule has 0 radical (unpaired) electrons. The van der Waals surface area contributed by atoms with E-state index in [9.17, 15) is 23.3 Å². The lowest BCUT2D eigenvalue weighted by molar-refractivity contribution is -0.384. The van der Waals surface area contributed by atoms with Crippen LogP contribution in [-0.4, -0.2) is 31.5 Å². The van der Waals surface area contributed by atoms with Gasteiger partial charge in [0.1, 0.15) is 6.54 Å². The van der Waals surface area contributed by atoms with Crippen molar-refractivity contribution >= 4 is 33.0 Å². The predicted molar refractivity (Wildman–Crippen MR) is 130 cm³/mol. The maximum atomic E-state index is 13.4. The number of nitrogens with one attached hydrogen (secondary N) is 1. The van der Waals surface area contributed by atoms with Crippen LogP contribution in [0.25, 0.3) is 0 Å². The van der Waals surface area contributed by atoms with Crippen LogP contribution in [0, 0.1) is 24.0 Å². The summed E-state index contributed by atoms with van der Waals surface area (Å²) in [6.45, 7) is 4.82. The average molecular weight is 481 g/mol. The molecule has 9 nitrogen and oxygen atoms in total. The molecule has 1 amide bonds. The molecule has 0 heterocycles. The third-order valence-corrected chi connectivity index (χ3v) is 6.82. The van der Waals surface area contributed by atoms with Crippen LogP contribution in [0.15, 0.2) is 82.8 Å². The summed E-state index contributed by atoms with van der Waals surface area (Å²) in [4.78, 5) is 23.1. The number of nitro benzene ring substituents is 1. The van der Waals surface area contributed by atoms with E-state index in [1.165, 1.54) is 36.4 Å². The highest BCUT2D eigenvalue weighted by molar-refractivity contribution is 7.92. The molecule has 3 rings (SSSR count). The van der Waals surface area contributed by atoms with Gasteiger partial charge in [0.25, 0.3) is 21.6 Å². The number of hydrazone groups is 1. The van der Waals surface area contributed by atoms with E-state index in [4.69, 9.17) is 0 Å². The molecule has 3 aromatic carbocycles. The van der Waals surface area contributed by atoms with E-state index < -0.39 is 27.4 Å². The first-order chi connectivity index (χ1) is 16.1. The Morgan fingerprint density at radius 3 is 2.24 bits per heavy atom. The SMILES string of the molecule is C/C(=N/NC(=O)CN(c1cccc(C)c1)S(=O)(=O)c1ccc(C)cc1)c1ccc([N+](=O)[O-])cc1. The van der Waals surface area contributed by atoms with Crippen molar-refractivity contribution < 1.29 is 18.1 Å². The molecule has 3 aromatic rings. The molecule has 0 bridgehead atoms. The molecule has 34 heavy (non-hydrogen) atoms. The zero-order valence-corrected chi connectivity index (χ0v) is 19.7. The lowest BCUT2D eigenvalue weighted by atomic mass is 10.1. The Morgan fingerprint density at radius 1 is 1.00 bits per heavy atom. The highest BCUT2D eigenvalue weighted by Gasteiger charge is 2.27. The quantitative estimate of drug-likeness (QED) is 0.297. The summed E-state index contributed by atoms with van der Waals surface area (Å²) in [6.07, 6.45) is 0. The van der Waals surface area contributed by atoms with Crippen molar-refractivity contribution in [2.45, 2.75) is 25.7 Å². The second kappa shape index (κ2) is 10.3. The van der Waals surface area contributed by atoms with Gasteiger partial charge in [-0.15, -0.1) is 0 Å². The Morgan fingerprint density at radius 2 is 1.65 bits per heavy atom. The van der Waals surface area contributed by atoms with Crippen LogP contribution in [0.4, 0.5) is 11.4 Å². The van der Waals surface area contributed by atoms with Crippen molar-refractivity contribution in [3.8, 4) is 0 Å². The third kappa shape index (κ3) is 5.84.